The van der Waals surface area contributed by atoms with Crippen LogP contribution < -0.4 is 5.32 Å². The number of carbonyl (C=O) groups is 3. The summed E-state index contributed by atoms with van der Waals surface area (Å²) in [6, 6.07) is -0.729. The first-order valence-corrected chi connectivity index (χ1v) is 8.76. The van der Waals surface area contributed by atoms with E-state index in [1.54, 1.807) is 13.0 Å². The second-order valence-electron chi connectivity index (χ2n) is 6.20. The van der Waals surface area contributed by atoms with Crippen LogP contribution in [0.4, 0.5) is 0 Å². The summed E-state index contributed by atoms with van der Waals surface area (Å²) in [4.78, 5) is 34.2. The van der Waals surface area contributed by atoms with E-state index in [0.717, 1.165) is 32.1 Å². The molecule has 1 amide bonds. The molecule has 1 rings (SSSR count). The molecule has 0 aromatic carbocycles. The van der Waals surface area contributed by atoms with Gasteiger partial charge in [0, 0.05) is 0 Å². The lowest BCUT2D eigenvalue weighted by molar-refractivity contribution is -0.206. The number of ether oxygens (including phenoxy) is 2. The molecule has 1 saturated heterocycles. The molecule has 0 aromatic heterocycles. The Bertz CT molecular complexity index is 437. The second kappa shape index (κ2) is 10.8. The molecule has 0 bridgehead atoms. The van der Waals surface area contributed by atoms with E-state index < -0.39 is 24.2 Å². The van der Waals surface area contributed by atoms with Crippen molar-refractivity contribution in [2.75, 3.05) is 0 Å². The van der Waals surface area contributed by atoms with Gasteiger partial charge in [-0.2, -0.15) is 0 Å². The van der Waals surface area contributed by atoms with Crippen LogP contribution >= 0.6 is 0 Å². The molecule has 0 radical (unpaired) electrons. The number of hydrogen-bond donors (Lipinski definition) is 1. The molecule has 1 aliphatic heterocycles. The minimum atomic E-state index is -0.729. The monoisotopic (exact) mass is 339 g/mol. The summed E-state index contributed by atoms with van der Waals surface area (Å²) in [6.45, 7) is 7.37. The van der Waals surface area contributed by atoms with Gasteiger partial charge in [-0.1, -0.05) is 38.7 Å². The van der Waals surface area contributed by atoms with Gasteiger partial charge in [-0.3, -0.25) is 9.59 Å². The van der Waals surface area contributed by atoms with Crippen molar-refractivity contribution in [1.82, 2.24) is 5.32 Å². The number of cyclic esters (lactones) is 1. The first-order valence-electron chi connectivity index (χ1n) is 8.76. The van der Waals surface area contributed by atoms with Gasteiger partial charge in [0.05, 0.1) is 5.92 Å². The van der Waals surface area contributed by atoms with E-state index in [1.807, 2.05) is 0 Å². The number of allylic oxidation sites excluding steroid dienone is 1. The van der Waals surface area contributed by atoms with E-state index in [1.165, 1.54) is 0 Å². The molecule has 24 heavy (non-hydrogen) atoms. The Balaban J connectivity index is 2.61. The van der Waals surface area contributed by atoms with Gasteiger partial charge in [-0.15, -0.1) is 6.58 Å². The molecule has 6 nitrogen and oxygen atoms in total. The molecular weight excluding hydrogens is 310 g/mol. The van der Waals surface area contributed by atoms with Crippen LogP contribution in [0.2, 0.25) is 0 Å². The number of esters is 2. The van der Waals surface area contributed by atoms with Crippen LogP contribution in [0.25, 0.3) is 0 Å². The third-order valence-corrected chi connectivity index (χ3v) is 4.28. The average Bonchev–Trinajstić information content (AvgIpc) is 2.56. The van der Waals surface area contributed by atoms with Crippen LogP contribution in [0.5, 0.6) is 0 Å². The summed E-state index contributed by atoms with van der Waals surface area (Å²) in [6.07, 6.45) is 7.61. The molecule has 1 fully saturated rings. The summed E-state index contributed by atoms with van der Waals surface area (Å²) >= 11 is 0. The third-order valence-electron chi connectivity index (χ3n) is 4.28. The van der Waals surface area contributed by atoms with Crippen LogP contribution in [-0.4, -0.2) is 36.6 Å². The molecule has 0 unspecified atom stereocenters. The lowest BCUT2D eigenvalue weighted by atomic mass is 9.86. The van der Waals surface area contributed by atoms with Crippen LogP contribution in [0, 0.1) is 5.92 Å². The van der Waals surface area contributed by atoms with Crippen LogP contribution in [0.1, 0.15) is 58.8 Å². The number of unbranched alkanes of at least 4 members (excludes halogenated alkanes) is 3. The van der Waals surface area contributed by atoms with Gasteiger partial charge < -0.3 is 14.8 Å². The van der Waals surface area contributed by atoms with E-state index in [9.17, 15) is 14.4 Å². The van der Waals surface area contributed by atoms with Gasteiger partial charge in [-0.25, -0.2) is 4.79 Å². The maximum absolute atomic E-state index is 12.0. The van der Waals surface area contributed by atoms with Crippen molar-refractivity contribution in [3.63, 3.8) is 0 Å². The van der Waals surface area contributed by atoms with Gasteiger partial charge >= 0.3 is 11.9 Å². The van der Waals surface area contributed by atoms with Gasteiger partial charge in [-0.05, 0) is 26.2 Å². The number of amides is 1. The minimum Gasteiger partial charge on any atom is -0.457 e. The smallest absolute Gasteiger partial charge is 0.328 e. The number of nitrogens with one attached hydrogen (secondary N) is 1. The summed E-state index contributed by atoms with van der Waals surface area (Å²) in [7, 11) is 0. The zero-order chi connectivity index (χ0) is 17.9. The van der Waals surface area contributed by atoms with Crippen molar-refractivity contribution in [3.05, 3.63) is 12.7 Å². The maximum atomic E-state index is 12.0. The van der Waals surface area contributed by atoms with Crippen molar-refractivity contribution >= 4 is 18.3 Å². The van der Waals surface area contributed by atoms with E-state index in [0.29, 0.717) is 19.3 Å². The topological polar surface area (TPSA) is 81.7 Å². The number of hydrogen-bond acceptors (Lipinski definition) is 5. The fraction of sp³-hybridized carbons (Fsp3) is 0.722. The Morgan fingerprint density at radius 2 is 2.17 bits per heavy atom. The SMILES string of the molecule is C=CCC[C@H](OC(=O)[C@H](C)NC=O)[C@H]1OC(=O)[C@H]1CCCCCC. The van der Waals surface area contributed by atoms with Gasteiger partial charge in [0.1, 0.15) is 12.1 Å². The molecule has 136 valence electrons. The maximum Gasteiger partial charge on any atom is 0.328 e. The lowest BCUT2D eigenvalue weighted by Gasteiger charge is -2.40. The molecule has 0 aromatic rings. The first kappa shape index (κ1) is 20.2. The molecule has 0 saturated carbocycles. The molecule has 1 aliphatic rings. The van der Waals surface area contributed by atoms with Crippen LogP contribution in [-0.2, 0) is 23.9 Å². The largest absolute Gasteiger partial charge is 0.457 e. The molecule has 0 spiro atoms. The van der Waals surface area contributed by atoms with Crippen molar-refractivity contribution < 1.29 is 23.9 Å². The Kier molecular flexibility index (Phi) is 9.12. The highest BCUT2D eigenvalue weighted by molar-refractivity contribution is 5.80. The van der Waals surface area contributed by atoms with Crippen molar-refractivity contribution in [2.45, 2.75) is 77.0 Å². The summed E-state index contributed by atoms with van der Waals surface area (Å²) in [5.74, 6) is -0.946. The quantitative estimate of drug-likeness (QED) is 0.241. The van der Waals surface area contributed by atoms with Crippen molar-refractivity contribution in [3.8, 4) is 0 Å². The predicted octanol–water partition coefficient (Wildman–Crippen LogP) is 2.51. The molecule has 0 aliphatic carbocycles. The second-order valence-corrected chi connectivity index (χ2v) is 6.20. The zero-order valence-corrected chi connectivity index (χ0v) is 14.7. The number of carbonyl (C=O) groups excluding carboxylic acids is 3. The Morgan fingerprint density at radius 3 is 2.75 bits per heavy atom. The van der Waals surface area contributed by atoms with E-state index >= 15 is 0 Å². The minimum absolute atomic E-state index is 0.209. The molecule has 1 N–H and O–H groups in total. The molecule has 1 heterocycles. The van der Waals surface area contributed by atoms with Crippen molar-refractivity contribution in [1.29, 1.82) is 0 Å². The highest BCUT2D eigenvalue weighted by atomic mass is 16.6. The highest BCUT2D eigenvalue weighted by Gasteiger charge is 2.47. The normalized spacial score (nSPS) is 21.8. The van der Waals surface area contributed by atoms with E-state index in [-0.39, 0.29) is 11.9 Å². The fourth-order valence-electron chi connectivity index (χ4n) is 2.77. The summed E-state index contributed by atoms with van der Waals surface area (Å²) in [5.41, 5.74) is 0. The zero-order valence-electron chi connectivity index (χ0n) is 14.7. The van der Waals surface area contributed by atoms with Gasteiger partial charge in [0.2, 0.25) is 6.41 Å². The predicted molar refractivity (Wildman–Crippen MR) is 90.1 cm³/mol. The average molecular weight is 339 g/mol. The Hall–Kier alpha value is -1.85. The Morgan fingerprint density at radius 1 is 1.42 bits per heavy atom. The first-order chi connectivity index (χ1) is 11.5. The third kappa shape index (κ3) is 5.98. The van der Waals surface area contributed by atoms with Gasteiger partial charge in [0.25, 0.3) is 0 Å². The number of rotatable bonds is 13. The molecule has 6 heteroatoms. The standard InChI is InChI=1S/C18H29NO5/c1-4-6-8-9-10-14-16(24-18(14)22)15(11-7-5-2)23-17(21)13(3)19-12-20/h5,12-16H,2,4,6-11H2,1,3H3,(H,19,20)/t13-,14-,15-,16-/m0/s1. The summed E-state index contributed by atoms with van der Waals surface area (Å²) in [5, 5.41) is 2.37. The van der Waals surface area contributed by atoms with E-state index in [4.69, 9.17) is 9.47 Å². The van der Waals surface area contributed by atoms with Gasteiger partial charge in [0.15, 0.2) is 6.10 Å². The van der Waals surface area contributed by atoms with Crippen LogP contribution in [0.3, 0.4) is 0 Å². The van der Waals surface area contributed by atoms with Crippen LogP contribution in [0.15, 0.2) is 12.7 Å². The molecular formula is C18H29NO5. The lowest BCUT2D eigenvalue weighted by Crippen LogP contribution is -2.54. The summed E-state index contributed by atoms with van der Waals surface area (Å²) < 4.78 is 10.8. The van der Waals surface area contributed by atoms with E-state index in [2.05, 4.69) is 18.8 Å². The Labute approximate surface area is 144 Å². The molecule has 4 atom stereocenters. The highest BCUT2D eigenvalue weighted by Crippen LogP contribution is 2.33. The van der Waals surface area contributed by atoms with Crippen molar-refractivity contribution in [2.24, 2.45) is 5.92 Å². The fourth-order valence-corrected chi connectivity index (χ4v) is 2.77.